The monoisotopic (exact) mass is 240 g/mol. The number of nitrogens with one attached hydrogen (secondary N) is 1. The maximum atomic E-state index is 12.7. The molecular weight excluding hydrogens is 227 g/mol. The van der Waals surface area contributed by atoms with Gasteiger partial charge in [0.2, 0.25) is 5.91 Å². The fraction of sp³-hybridized carbons (Fsp3) is 0.273. The Balaban J connectivity index is 2.48. The number of anilines is 2. The van der Waals surface area contributed by atoms with Crippen molar-refractivity contribution < 1.29 is 19.1 Å². The lowest BCUT2D eigenvalue weighted by Gasteiger charge is -2.07. The molecule has 0 radical (unpaired) electrons. The fourth-order valence-corrected chi connectivity index (χ4v) is 1.26. The number of carboxylic acid groups (broad SMARTS) is 1. The van der Waals surface area contributed by atoms with Gasteiger partial charge in [-0.25, -0.2) is 4.39 Å². The molecule has 0 aromatic heterocycles. The minimum Gasteiger partial charge on any atom is -0.481 e. The van der Waals surface area contributed by atoms with Crippen molar-refractivity contribution in [2.45, 2.75) is 19.3 Å². The summed E-state index contributed by atoms with van der Waals surface area (Å²) in [7, 11) is 0. The standard InChI is InChI=1S/C11H13FN2O3/c12-7-4-5-9(8(13)6-7)14-10(15)2-1-3-11(16)17/h4-6H,1-3,13H2,(H,14,15)(H,16,17). The number of nitrogen functional groups attached to an aromatic ring is 1. The molecule has 0 heterocycles. The molecule has 0 aliphatic heterocycles. The molecule has 1 aromatic carbocycles. The van der Waals surface area contributed by atoms with E-state index in [1.54, 1.807) is 0 Å². The third-order valence-corrected chi connectivity index (χ3v) is 2.08. The molecular formula is C11H13FN2O3. The smallest absolute Gasteiger partial charge is 0.303 e. The highest BCUT2D eigenvalue weighted by Gasteiger charge is 2.07. The van der Waals surface area contributed by atoms with Crippen LogP contribution in [0.4, 0.5) is 15.8 Å². The molecule has 0 spiro atoms. The molecule has 5 nitrogen and oxygen atoms in total. The first-order valence-electron chi connectivity index (χ1n) is 5.05. The van der Waals surface area contributed by atoms with Crippen LogP contribution >= 0.6 is 0 Å². The summed E-state index contributed by atoms with van der Waals surface area (Å²) in [5, 5.41) is 10.9. The number of carbonyl (C=O) groups is 2. The Morgan fingerprint density at radius 2 is 2.06 bits per heavy atom. The summed E-state index contributed by atoms with van der Waals surface area (Å²) in [6.07, 6.45) is 0.275. The van der Waals surface area contributed by atoms with E-state index in [1.165, 1.54) is 12.1 Å². The van der Waals surface area contributed by atoms with Crippen LogP contribution < -0.4 is 11.1 Å². The second-order valence-corrected chi connectivity index (χ2v) is 3.53. The Morgan fingerprint density at radius 1 is 1.35 bits per heavy atom. The summed E-state index contributed by atoms with van der Waals surface area (Å²) in [5.74, 6) is -1.77. The summed E-state index contributed by atoms with van der Waals surface area (Å²) in [5.41, 5.74) is 5.96. The van der Waals surface area contributed by atoms with Crippen LogP contribution in [0.3, 0.4) is 0 Å². The third kappa shape index (κ3) is 4.50. The Labute approximate surface area is 97.4 Å². The van der Waals surface area contributed by atoms with Crippen molar-refractivity contribution in [1.29, 1.82) is 0 Å². The van der Waals surface area contributed by atoms with Crippen molar-refractivity contribution in [2.75, 3.05) is 11.1 Å². The molecule has 17 heavy (non-hydrogen) atoms. The zero-order chi connectivity index (χ0) is 12.8. The number of hydrogen-bond donors (Lipinski definition) is 3. The Morgan fingerprint density at radius 3 is 2.65 bits per heavy atom. The van der Waals surface area contributed by atoms with Gasteiger partial charge >= 0.3 is 5.97 Å². The lowest BCUT2D eigenvalue weighted by Crippen LogP contribution is -2.13. The van der Waals surface area contributed by atoms with Crippen molar-refractivity contribution in [3.8, 4) is 0 Å². The molecule has 0 fully saturated rings. The van der Waals surface area contributed by atoms with Crippen LogP contribution in [0.25, 0.3) is 0 Å². The predicted octanol–water partition coefficient (Wildman–Crippen LogP) is 1.60. The van der Waals surface area contributed by atoms with Gasteiger partial charge in [-0.3, -0.25) is 9.59 Å². The second kappa shape index (κ2) is 5.83. The van der Waals surface area contributed by atoms with E-state index < -0.39 is 11.8 Å². The normalized spacial score (nSPS) is 9.94. The van der Waals surface area contributed by atoms with Gasteiger partial charge in [-0.1, -0.05) is 0 Å². The zero-order valence-corrected chi connectivity index (χ0v) is 9.07. The quantitative estimate of drug-likeness (QED) is 0.681. The van der Waals surface area contributed by atoms with Crippen molar-refractivity contribution >= 4 is 23.3 Å². The number of amides is 1. The minimum atomic E-state index is -0.945. The Kier molecular flexibility index (Phi) is 4.45. The van der Waals surface area contributed by atoms with E-state index in [0.29, 0.717) is 5.69 Å². The maximum absolute atomic E-state index is 12.7. The second-order valence-electron chi connectivity index (χ2n) is 3.53. The van der Waals surface area contributed by atoms with Gasteiger partial charge in [-0.15, -0.1) is 0 Å². The van der Waals surface area contributed by atoms with E-state index in [0.717, 1.165) is 6.07 Å². The van der Waals surface area contributed by atoms with Crippen LogP contribution in [0.15, 0.2) is 18.2 Å². The number of rotatable bonds is 5. The predicted molar refractivity (Wildman–Crippen MR) is 60.9 cm³/mol. The number of nitrogens with two attached hydrogens (primary N) is 1. The highest BCUT2D eigenvalue weighted by molar-refractivity contribution is 5.93. The number of carboxylic acids is 1. The van der Waals surface area contributed by atoms with Crippen molar-refractivity contribution in [1.82, 2.24) is 0 Å². The van der Waals surface area contributed by atoms with Gasteiger partial charge in [0, 0.05) is 12.8 Å². The number of halogens is 1. The Bertz CT molecular complexity index is 435. The minimum absolute atomic E-state index is 0.0632. The molecule has 0 aliphatic carbocycles. The molecule has 6 heteroatoms. The number of hydrogen-bond acceptors (Lipinski definition) is 3. The third-order valence-electron chi connectivity index (χ3n) is 2.08. The lowest BCUT2D eigenvalue weighted by atomic mass is 10.2. The average Bonchev–Trinajstić information content (AvgIpc) is 2.21. The molecule has 0 bridgehead atoms. The molecule has 0 saturated carbocycles. The molecule has 1 amide bonds. The van der Waals surface area contributed by atoms with Crippen LogP contribution in [0.2, 0.25) is 0 Å². The molecule has 0 unspecified atom stereocenters. The highest BCUT2D eigenvalue weighted by Crippen LogP contribution is 2.19. The van der Waals surface area contributed by atoms with Crippen molar-refractivity contribution in [3.05, 3.63) is 24.0 Å². The van der Waals surface area contributed by atoms with Gasteiger partial charge in [0.1, 0.15) is 5.82 Å². The topological polar surface area (TPSA) is 92.4 Å². The van der Waals surface area contributed by atoms with Crippen molar-refractivity contribution in [3.63, 3.8) is 0 Å². The fourth-order valence-electron chi connectivity index (χ4n) is 1.26. The van der Waals surface area contributed by atoms with E-state index in [4.69, 9.17) is 10.8 Å². The van der Waals surface area contributed by atoms with E-state index in [9.17, 15) is 14.0 Å². The highest BCUT2D eigenvalue weighted by atomic mass is 19.1. The molecule has 1 rings (SSSR count). The molecule has 4 N–H and O–H groups in total. The van der Waals surface area contributed by atoms with Gasteiger partial charge in [0.25, 0.3) is 0 Å². The van der Waals surface area contributed by atoms with Crippen LogP contribution in [-0.2, 0) is 9.59 Å². The maximum Gasteiger partial charge on any atom is 0.303 e. The molecule has 92 valence electrons. The first-order valence-corrected chi connectivity index (χ1v) is 5.05. The van der Waals surface area contributed by atoms with Crippen LogP contribution in [-0.4, -0.2) is 17.0 Å². The average molecular weight is 240 g/mol. The summed E-state index contributed by atoms with van der Waals surface area (Å²) in [6.45, 7) is 0. The van der Waals surface area contributed by atoms with Crippen LogP contribution in [0, 0.1) is 5.82 Å². The van der Waals surface area contributed by atoms with Gasteiger partial charge in [-0.05, 0) is 24.6 Å². The van der Waals surface area contributed by atoms with Crippen molar-refractivity contribution in [2.24, 2.45) is 0 Å². The van der Waals surface area contributed by atoms with Gasteiger partial charge in [-0.2, -0.15) is 0 Å². The molecule has 0 atom stereocenters. The van der Waals surface area contributed by atoms with Gasteiger partial charge in [0.05, 0.1) is 11.4 Å². The first-order chi connectivity index (χ1) is 7.99. The summed E-state index contributed by atoms with van der Waals surface area (Å²) in [6, 6.07) is 3.65. The van der Waals surface area contributed by atoms with E-state index >= 15 is 0 Å². The lowest BCUT2D eigenvalue weighted by molar-refractivity contribution is -0.137. The molecule has 0 saturated heterocycles. The number of carbonyl (C=O) groups excluding carboxylic acids is 1. The van der Waals surface area contributed by atoms with E-state index in [1.807, 2.05) is 0 Å². The summed E-state index contributed by atoms with van der Waals surface area (Å²) >= 11 is 0. The number of aliphatic carboxylic acids is 1. The number of benzene rings is 1. The summed E-state index contributed by atoms with van der Waals surface area (Å²) in [4.78, 5) is 21.6. The largest absolute Gasteiger partial charge is 0.481 e. The SMILES string of the molecule is Nc1cc(F)ccc1NC(=O)CCCC(=O)O. The van der Waals surface area contributed by atoms with Gasteiger partial charge < -0.3 is 16.2 Å². The van der Waals surface area contributed by atoms with Crippen LogP contribution in [0.5, 0.6) is 0 Å². The summed E-state index contributed by atoms with van der Waals surface area (Å²) < 4.78 is 12.7. The first kappa shape index (κ1) is 13.0. The molecule has 1 aromatic rings. The van der Waals surface area contributed by atoms with E-state index in [-0.39, 0.29) is 30.9 Å². The van der Waals surface area contributed by atoms with Gasteiger partial charge in [0.15, 0.2) is 0 Å². The van der Waals surface area contributed by atoms with E-state index in [2.05, 4.69) is 5.32 Å². The van der Waals surface area contributed by atoms with Crippen LogP contribution in [0.1, 0.15) is 19.3 Å². The zero-order valence-electron chi connectivity index (χ0n) is 9.07. The Hall–Kier alpha value is -2.11. The molecule has 0 aliphatic rings.